The predicted octanol–water partition coefficient (Wildman–Crippen LogP) is 3.71. The van der Waals surface area contributed by atoms with E-state index in [0.29, 0.717) is 11.7 Å². The zero-order valence-electron chi connectivity index (χ0n) is 14.1. The minimum atomic E-state index is 0.0798. The molecule has 1 amide bonds. The average Bonchev–Trinajstić information content (AvgIpc) is 2.76. The van der Waals surface area contributed by atoms with Crippen LogP contribution in [0.25, 0.3) is 0 Å². The summed E-state index contributed by atoms with van der Waals surface area (Å²) in [6.07, 6.45) is 10.4. The number of carbonyl (C=O) groups is 2. The molecule has 3 aliphatic rings. The van der Waals surface area contributed by atoms with Crippen LogP contribution < -0.4 is 5.32 Å². The molecule has 1 N–H and O–H groups in total. The maximum absolute atomic E-state index is 12.6. The first kappa shape index (κ1) is 16.0. The van der Waals surface area contributed by atoms with E-state index in [1.165, 1.54) is 32.1 Å². The first-order valence-electron chi connectivity index (χ1n) is 9.40. The standard InChI is InChI=1S/C19H31NO2/c1-12(14-6-4-3-5-7-14)13(2)20-19(22)17-10-15-8-9-16(11-17)18(15)21/h12-17H,3-11H2,1-2H3,(H,20,22)/t12-,13+,15-,16+,17?/m1/s1. The second kappa shape index (κ2) is 6.72. The maximum atomic E-state index is 12.6. The van der Waals surface area contributed by atoms with Crippen LogP contribution in [-0.2, 0) is 9.59 Å². The molecule has 0 heterocycles. The fourth-order valence-electron chi connectivity index (χ4n) is 5.03. The van der Waals surface area contributed by atoms with E-state index in [9.17, 15) is 9.59 Å². The molecule has 22 heavy (non-hydrogen) atoms. The summed E-state index contributed by atoms with van der Waals surface area (Å²) >= 11 is 0. The normalized spacial score (nSPS) is 35.2. The summed E-state index contributed by atoms with van der Waals surface area (Å²) < 4.78 is 0. The van der Waals surface area contributed by atoms with Gasteiger partial charge in [-0.15, -0.1) is 0 Å². The van der Waals surface area contributed by atoms with Crippen molar-refractivity contribution in [2.24, 2.45) is 29.6 Å². The van der Waals surface area contributed by atoms with E-state index in [1.807, 2.05) is 0 Å². The summed E-state index contributed by atoms with van der Waals surface area (Å²) in [5, 5.41) is 3.28. The van der Waals surface area contributed by atoms with Gasteiger partial charge in [-0.3, -0.25) is 9.59 Å². The Morgan fingerprint density at radius 1 is 1.00 bits per heavy atom. The number of amides is 1. The molecule has 124 valence electrons. The van der Waals surface area contributed by atoms with Gasteiger partial charge in [-0.1, -0.05) is 39.0 Å². The van der Waals surface area contributed by atoms with Crippen LogP contribution in [0.15, 0.2) is 0 Å². The van der Waals surface area contributed by atoms with Crippen molar-refractivity contribution in [2.75, 3.05) is 0 Å². The van der Waals surface area contributed by atoms with Crippen LogP contribution in [0.4, 0.5) is 0 Å². The van der Waals surface area contributed by atoms with E-state index in [4.69, 9.17) is 0 Å². The third-order valence-corrected chi connectivity index (χ3v) is 6.73. The molecule has 3 aliphatic carbocycles. The number of carbonyl (C=O) groups excluding carboxylic acids is 2. The fourth-order valence-corrected chi connectivity index (χ4v) is 5.03. The lowest BCUT2D eigenvalue weighted by Crippen LogP contribution is -2.45. The molecule has 0 spiro atoms. The molecule has 0 radical (unpaired) electrons. The number of hydrogen-bond donors (Lipinski definition) is 1. The van der Waals surface area contributed by atoms with Crippen molar-refractivity contribution in [1.82, 2.24) is 5.32 Å². The Morgan fingerprint density at radius 3 is 2.18 bits per heavy atom. The van der Waals surface area contributed by atoms with E-state index in [1.54, 1.807) is 0 Å². The Balaban J connectivity index is 1.51. The van der Waals surface area contributed by atoms with Crippen LogP contribution in [0, 0.1) is 29.6 Å². The molecule has 2 bridgehead atoms. The van der Waals surface area contributed by atoms with E-state index >= 15 is 0 Å². The highest BCUT2D eigenvalue weighted by molar-refractivity contribution is 5.89. The van der Waals surface area contributed by atoms with Gasteiger partial charge in [0.05, 0.1) is 0 Å². The molecule has 0 aromatic carbocycles. The van der Waals surface area contributed by atoms with Crippen LogP contribution in [0.3, 0.4) is 0 Å². The predicted molar refractivity (Wildman–Crippen MR) is 87.3 cm³/mol. The number of rotatable bonds is 4. The number of nitrogens with one attached hydrogen (secondary N) is 1. The smallest absolute Gasteiger partial charge is 0.223 e. The van der Waals surface area contributed by atoms with Gasteiger partial charge < -0.3 is 5.32 Å². The van der Waals surface area contributed by atoms with Gasteiger partial charge in [0.15, 0.2) is 0 Å². The van der Waals surface area contributed by atoms with Crippen molar-refractivity contribution < 1.29 is 9.59 Å². The third-order valence-electron chi connectivity index (χ3n) is 6.73. The fraction of sp³-hybridized carbons (Fsp3) is 0.895. The second-order valence-electron chi connectivity index (χ2n) is 8.10. The summed E-state index contributed by atoms with van der Waals surface area (Å²) in [6, 6.07) is 0.255. The molecule has 3 heteroatoms. The third kappa shape index (κ3) is 3.23. The summed E-state index contributed by atoms with van der Waals surface area (Å²) in [4.78, 5) is 24.6. The van der Waals surface area contributed by atoms with Gasteiger partial charge in [-0.25, -0.2) is 0 Å². The number of hydrogen-bond acceptors (Lipinski definition) is 2. The molecule has 0 aromatic rings. The Hall–Kier alpha value is -0.860. The zero-order chi connectivity index (χ0) is 15.7. The molecule has 0 aromatic heterocycles. The van der Waals surface area contributed by atoms with Crippen molar-refractivity contribution in [1.29, 1.82) is 0 Å². The first-order valence-corrected chi connectivity index (χ1v) is 9.40. The Labute approximate surface area is 134 Å². The molecule has 0 aliphatic heterocycles. The zero-order valence-corrected chi connectivity index (χ0v) is 14.1. The molecule has 0 saturated heterocycles. The van der Waals surface area contributed by atoms with Crippen molar-refractivity contribution in [3.8, 4) is 0 Å². The average molecular weight is 305 g/mol. The van der Waals surface area contributed by atoms with Crippen LogP contribution >= 0.6 is 0 Å². The van der Waals surface area contributed by atoms with Gasteiger partial charge >= 0.3 is 0 Å². The molecule has 1 unspecified atom stereocenters. The Kier molecular flexibility index (Phi) is 4.89. The molecular formula is C19H31NO2. The minimum Gasteiger partial charge on any atom is -0.353 e. The SMILES string of the molecule is C[C@H](NC(=O)C1C[C@H]2CC[C@@H](C1)C2=O)[C@@H](C)C1CCCCC1. The first-order chi connectivity index (χ1) is 10.6. The van der Waals surface area contributed by atoms with E-state index in [2.05, 4.69) is 19.2 Å². The van der Waals surface area contributed by atoms with Gasteiger partial charge in [0.2, 0.25) is 5.91 Å². The van der Waals surface area contributed by atoms with E-state index < -0.39 is 0 Å². The van der Waals surface area contributed by atoms with Gasteiger partial charge in [-0.2, -0.15) is 0 Å². The second-order valence-corrected chi connectivity index (χ2v) is 8.10. The summed E-state index contributed by atoms with van der Waals surface area (Å²) in [5.74, 6) is 2.42. The van der Waals surface area contributed by atoms with Crippen molar-refractivity contribution in [3.63, 3.8) is 0 Å². The summed E-state index contributed by atoms with van der Waals surface area (Å²) in [7, 11) is 0. The van der Waals surface area contributed by atoms with Gasteiger partial charge in [0.1, 0.15) is 5.78 Å². The van der Waals surface area contributed by atoms with Gasteiger partial charge in [-0.05, 0) is 44.4 Å². The highest BCUT2D eigenvalue weighted by Gasteiger charge is 2.43. The highest BCUT2D eigenvalue weighted by atomic mass is 16.2. The lowest BCUT2D eigenvalue weighted by molar-refractivity contribution is -0.132. The topological polar surface area (TPSA) is 46.2 Å². The molecule has 3 nitrogen and oxygen atoms in total. The van der Waals surface area contributed by atoms with Gasteiger partial charge in [0.25, 0.3) is 0 Å². The molecule has 3 fully saturated rings. The number of ketones is 1. The molecule has 3 rings (SSSR count). The van der Waals surface area contributed by atoms with Crippen LogP contribution in [-0.4, -0.2) is 17.7 Å². The van der Waals surface area contributed by atoms with E-state index in [0.717, 1.165) is 31.6 Å². The van der Waals surface area contributed by atoms with Gasteiger partial charge in [0, 0.05) is 23.8 Å². The number of fused-ring (bicyclic) bond motifs is 2. The number of Topliss-reactive ketones (excluding diaryl/α,β-unsaturated/α-hetero) is 1. The van der Waals surface area contributed by atoms with Crippen molar-refractivity contribution in [2.45, 2.75) is 77.7 Å². The van der Waals surface area contributed by atoms with Crippen LogP contribution in [0.2, 0.25) is 0 Å². The monoisotopic (exact) mass is 305 g/mol. The Morgan fingerprint density at radius 2 is 1.59 bits per heavy atom. The largest absolute Gasteiger partial charge is 0.353 e. The maximum Gasteiger partial charge on any atom is 0.223 e. The van der Waals surface area contributed by atoms with Crippen molar-refractivity contribution in [3.05, 3.63) is 0 Å². The quantitative estimate of drug-likeness (QED) is 0.860. The lowest BCUT2D eigenvalue weighted by Gasteiger charge is -2.33. The Bertz CT molecular complexity index is 411. The van der Waals surface area contributed by atoms with Crippen LogP contribution in [0.1, 0.15) is 71.6 Å². The summed E-state index contributed by atoms with van der Waals surface area (Å²) in [5.41, 5.74) is 0. The van der Waals surface area contributed by atoms with Crippen LogP contribution in [0.5, 0.6) is 0 Å². The lowest BCUT2D eigenvalue weighted by atomic mass is 9.77. The highest BCUT2D eigenvalue weighted by Crippen LogP contribution is 2.42. The van der Waals surface area contributed by atoms with E-state index in [-0.39, 0.29) is 29.7 Å². The summed E-state index contributed by atoms with van der Waals surface area (Å²) in [6.45, 7) is 4.47. The molecular weight excluding hydrogens is 274 g/mol. The molecule has 3 saturated carbocycles. The molecule has 5 atom stereocenters. The minimum absolute atomic E-state index is 0.0798. The van der Waals surface area contributed by atoms with Crippen molar-refractivity contribution >= 4 is 11.7 Å².